The van der Waals surface area contributed by atoms with Crippen LogP contribution in [0.25, 0.3) is 10.8 Å². The number of benzene rings is 1. The largest absolute Gasteiger partial charge is 0.329 e. The van der Waals surface area contributed by atoms with Crippen LogP contribution in [-0.4, -0.2) is 10.9 Å². The maximum absolute atomic E-state index is 11.9. The Balaban J connectivity index is 1.83. The molecule has 0 bridgehead atoms. The first-order chi connectivity index (χ1) is 9.74. The number of rotatable bonds is 3. The molecule has 20 heavy (non-hydrogen) atoms. The van der Waals surface area contributed by atoms with Crippen LogP contribution in [0.2, 0.25) is 0 Å². The molecule has 1 fully saturated rings. The summed E-state index contributed by atoms with van der Waals surface area (Å²) in [7, 11) is 0. The van der Waals surface area contributed by atoms with Crippen LogP contribution in [0.15, 0.2) is 47.4 Å². The number of carbonyl (C=O) groups is 1. The lowest BCUT2D eigenvalue weighted by molar-refractivity contribution is -0.111. The van der Waals surface area contributed by atoms with Crippen molar-refractivity contribution in [2.24, 2.45) is 5.92 Å². The number of fused-ring (bicyclic) bond motifs is 1. The second-order valence-corrected chi connectivity index (χ2v) is 5.11. The van der Waals surface area contributed by atoms with Gasteiger partial charge in [0.05, 0.1) is 0 Å². The molecule has 1 aromatic heterocycles. The fourth-order valence-corrected chi connectivity index (χ4v) is 2.36. The maximum atomic E-state index is 11.9. The zero-order chi connectivity index (χ0) is 13.9. The summed E-state index contributed by atoms with van der Waals surface area (Å²) in [5.74, 6) is 0.404. The smallest absolute Gasteiger partial charge is 0.255 e. The third-order valence-electron chi connectivity index (χ3n) is 3.74. The van der Waals surface area contributed by atoms with Gasteiger partial charge in [0.25, 0.3) is 5.56 Å². The molecule has 1 heterocycles. The second-order valence-electron chi connectivity index (χ2n) is 5.11. The van der Waals surface area contributed by atoms with E-state index < -0.39 is 0 Å². The molecule has 0 saturated heterocycles. The number of pyridine rings is 1. The van der Waals surface area contributed by atoms with Crippen LogP contribution in [0.1, 0.15) is 19.3 Å². The van der Waals surface area contributed by atoms with Crippen LogP contribution < -0.4 is 10.9 Å². The zero-order valence-corrected chi connectivity index (χ0v) is 11.1. The Hall–Kier alpha value is -2.36. The summed E-state index contributed by atoms with van der Waals surface area (Å²) in [5.41, 5.74) is 0.514. The molecule has 4 heteroatoms. The van der Waals surface area contributed by atoms with E-state index in [2.05, 4.69) is 10.3 Å². The van der Waals surface area contributed by atoms with Gasteiger partial charge in [0.15, 0.2) is 0 Å². The number of anilines is 1. The van der Waals surface area contributed by atoms with Gasteiger partial charge in [0, 0.05) is 22.7 Å². The second kappa shape index (κ2) is 5.33. The Morgan fingerprint density at radius 3 is 2.85 bits per heavy atom. The van der Waals surface area contributed by atoms with Crippen molar-refractivity contribution >= 4 is 22.4 Å². The molecule has 0 aliphatic heterocycles. The van der Waals surface area contributed by atoms with Crippen molar-refractivity contribution in [3.8, 4) is 0 Å². The van der Waals surface area contributed by atoms with Gasteiger partial charge in [-0.3, -0.25) is 9.59 Å². The summed E-state index contributed by atoms with van der Waals surface area (Å²) >= 11 is 0. The third kappa shape index (κ3) is 2.50. The van der Waals surface area contributed by atoms with Crippen LogP contribution in [0.3, 0.4) is 0 Å². The van der Waals surface area contributed by atoms with Crippen molar-refractivity contribution in [2.45, 2.75) is 19.3 Å². The lowest BCUT2D eigenvalue weighted by Gasteiger charge is -2.21. The van der Waals surface area contributed by atoms with Gasteiger partial charge in [-0.2, -0.15) is 0 Å². The number of hydrogen-bond donors (Lipinski definition) is 2. The predicted octanol–water partition coefficient (Wildman–Crippen LogP) is 2.82. The van der Waals surface area contributed by atoms with Crippen LogP contribution in [0.5, 0.6) is 0 Å². The lowest BCUT2D eigenvalue weighted by atomic mass is 9.85. The molecule has 2 N–H and O–H groups in total. The SMILES string of the molecule is O=C(/C=C/C1CCC1)Nc1cccc2c(=O)[nH]ccc12. The number of carbonyl (C=O) groups excluding carboxylic acids is 1. The molecule has 2 aromatic rings. The van der Waals surface area contributed by atoms with Gasteiger partial charge in [0.2, 0.25) is 5.91 Å². The average Bonchev–Trinajstić information content (AvgIpc) is 2.38. The number of allylic oxidation sites excluding steroid dienone is 1. The number of hydrogen-bond acceptors (Lipinski definition) is 2. The normalized spacial score (nSPS) is 15.4. The average molecular weight is 268 g/mol. The summed E-state index contributed by atoms with van der Waals surface area (Å²) in [6, 6.07) is 7.11. The number of H-pyrrole nitrogens is 1. The van der Waals surface area contributed by atoms with Gasteiger partial charge in [-0.1, -0.05) is 18.6 Å². The molecule has 3 rings (SSSR count). The highest BCUT2D eigenvalue weighted by atomic mass is 16.1. The maximum Gasteiger partial charge on any atom is 0.255 e. The van der Waals surface area contributed by atoms with Gasteiger partial charge in [-0.25, -0.2) is 0 Å². The van der Waals surface area contributed by atoms with E-state index in [9.17, 15) is 9.59 Å². The minimum absolute atomic E-state index is 0.148. The van der Waals surface area contributed by atoms with E-state index in [1.165, 1.54) is 19.3 Å². The van der Waals surface area contributed by atoms with Gasteiger partial charge >= 0.3 is 0 Å². The number of amides is 1. The molecule has 4 nitrogen and oxygen atoms in total. The first-order valence-corrected chi connectivity index (χ1v) is 6.83. The minimum Gasteiger partial charge on any atom is -0.329 e. The van der Waals surface area contributed by atoms with Crippen LogP contribution in [-0.2, 0) is 4.79 Å². The highest BCUT2D eigenvalue weighted by molar-refractivity contribution is 6.05. The molecule has 0 radical (unpaired) electrons. The predicted molar refractivity (Wildman–Crippen MR) is 79.7 cm³/mol. The monoisotopic (exact) mass is 268 g/mol. The molecule has 102 valence electrons. The minimum atomic E-state index is -0.149. The van der Waals surface area contributed by atoms with Crippen LogP contribution in [0, 0.1) is 5.92 Å². The Bertz CT molecular complexity index is 727. The zero-order valence-electron chi connectivity index (χ0n) is 11.1. The number of aromatic nitrogens is 1. The molecular weight excluding hydrogens is 252 g/mol. The lowest BCUT2D eigenvalue weighted by Crippen LogP contribution is -2.12. The van der Waals surface area contributed by atoms with E-state index in [-0.39, 0.29) is 11.5 Å². The summed E-state index contributed by atoms with van der Waals surface area (Å²) < 4.78 is 0. The van der Waals surface area contributed by atoms with E-state index in [1.54, 1.807) is 36.5 Å². The molecular formula is C16H16N2O2. The Morgan fingerprint density at radius 2 is 2.10 bits per heavy atom. The van der Waals surface area contributed by atoms with Crippen molar-refractivity contribution in [3.05, 3.63) is 53.0 Å². The highest BCUT2D eigenvalue weighted by Crippen LogP contribution is 2.27. The first-order valence-electron chi connectivity index (χ1n) is 6.83. The fraction of sp³-hybridized carbons (Fsp3) is 0.250. The van der Waals surface area contributed by atoms with Crippen LogP contribution >= 0.6 is 0 Å². The third-order valence-corrected chi connectivity index (χ3v) is 3.74. The molecule has 1 saturated carbocycles. The first kappa shape index (κ1) is 12.7. The topological polar surface area (TPSA) is 62.0 Å². The standard InChI is InChI=1S/C16H16N2O2/c19-15(8-7-11-3-1-4-11)18-14-6-2-5-13-12(14)9-10-17-16(13)20/h2,5-11H,1,3-4H2,(H,17,20)(H,18,19)/b8-7+. The van der Waals surface area contributed by atoms with Crippen LogP contribution in [0.4, 0.5) is 5.69 Å². The van der Waals surface area contributed by atoms with E-state index in [4.69, 9.17) is 0 Å². The summed E-state index contributed by atoms with van der Waals surface area (Å²) in [5, 5.41) is 4.17. The molecule has 0 atom stereocenters. The highest BCUT2D eigenvalue weighted by Gasteiger charge is 2.14. The summed E-state index contributed by atoms with van der Waals surface area (Å²) in [4.78, 5) is 26.2. The van der Waals surface area contributed by atoms with Crippen molar-refractivity contribution in [1.29, 1.82) is 0 Å². The molecule has 0 spiro atoms. The summed E-state index contributed by atoms with van der Waals surface area (Å²) in [6.07, 6.45) is 8.75. The Morgan fingerprint density at radius 1 is 1.25 bits per heavy atom. The number of aromatic amines is 1. The quantitative estimate of drug-likeness (QED) is 0.841. The molecule has 1 amide bonds. The van der Waals surface area contributed by atoms with Crippen molar-refractivity contribution in [1.82, 2.24) is 4.98 Å². The molecule has 0 unspecified atom stereocenters. The van der Waals surface area contributed by atoms with Crippen molar-refractivity contribution < 1.29 is 4.79 Å². The molecule has 1 aliphatic rings. The van der Waals surface area contributed by atoms with Crippen molar-refractivity contribution in [2.75, 3.05) is 5.32 Å². The van der Waals surface area contributed by atoms with E-state index in [0.717, 1.165) is 5.39 Å². The van der Waals surface area contributed by atoms with Crippen molar-refractivity contribution in [3.63, 3.8) is 0 Å². The van der Waals surface area contributed by atoms with Gasteiger partial charge in [0.1, 0.15) is 0 Å². The Labute approximate surface area is 116 Å². The molecule has 1 aliphatic carbocycles. The summed E-state index contributed by atoms with van der Waals surface area (Å²) in [6.45, 7) is 0. The van der Waals surface area contributed by atoms with Gasteiger partial charge in [-0.15, -0.1) is 0 Å². The fourth-order valence-electron chi connectivity index (χ4n) is 2.36. The Kier molecular flexibility index (Phi) is 3.37. The van der Waals surface area contributed by atoms with Gasteiger partial charge < -0.3 is 10.3 Å². The number of nitrogens with one attached hydrogen (secondary N) is 2. The van der Waals surface area contributed by atoms with E-state index in [0.29, 0.717) is 17.0 Å². The molecule has 1 aromatic carbocycles. The van der Waals surface area contributed by atoms with E-state index >= 15 is 0 Å². The van der Waals surface area contributed by atoms with E-state index in [1.807, 2.05) is 6.08 Å². The van der Waals surface area contributed by atoms with Gasteiger partial charge in [-0.05, 0) is 43.0 Å².